The molecule has 0 aliphatic rings. The Labute approximate surface area is 124 Å². The minimum absolute atomic E-state index is 0.0900. The molecule has 0 fully saturated rings. The smallest absolute Gasteiger partial charge is 0.126 e. The predicted octanol–water partition coefficient (Wildman–Crippen LogP) is 5.58. The number of halogens is 2. The van der Waals surface area contributed by atoms with Crippen LogP contribution >= 0.6 is 11.6 Å². The lowest BCUT2D eigenvalue weighted by atomic mass is 9.96. The molecule has 0 aromatic heterocycles. The van der Waals surface area contributed by atoms with E-state index in [9.17, 15) is 4.39 Å². The van der Waals surface area contributed by atoms with Crippen LogP contribution in [-0.2, 0) is 0 Å². The predicted molar refractivity (Wildman–Crippen MR) is 84.1 cm³/mol. The van der Waals surface area contributed by atoms with Crippen molar-refractivity contribution in [3.63, 3.8) is 0 Å². The second kappa shape index (κ2) is 5.84. The first-order valence-electron chi connectivity index (χ1n) is 6.67. The van der Waals surface area contributed by atoms with Crippen molar-refractivity contribution in [2.45, 2.75) is 33.7 Å². The Kier molecular flexibility index (Phi) is 4.34. The van der Waals surface area contributed by atoms with E-state index in [2.05, 4.69) is 45.1 Å². The van der Waals surface area contributed by atoms with Gasteiger partial charge in [0.1, 0.15) is 5.82 Å². The molecule has 0 heterocycles. The van der Waals surface area contributed by atoms with Crippen LogP contribution in [0.2, 0.25) is 5.02 Å². The maximum absolute atomic E-state index is 13.4. The average Bonchev–Trinajstić information content (AvgIpc) is 2.32. The molecule has 0 saturated carbocycles. The maximum atomic E-state index is 13.4. The summed E-state index contributed by atoms with van der Waals surface area (Å²) < 4.78 is 13.4. The van der Waals surface area contributed by atoms with Gasteiger partial charge in [-0.05, 0) is 68.1 Å². The molecule has 20 heavy (non-hydrogen) atoms. The van der Waals surface area contributed by atoms with Crippen molar-refractivity contribution in [2.75, 3.05) is 5.32 Å². The van der Waals surface area contributed by atoms with Crippen LogP contribution in [0.5, 0.6) is 0 Å². The fraction of sp³-hybridized carbons (Fsp3) is 0.294. The molecule has 3 heteroatoms. The van der Waals surface area contributed by atoms with Gasteiger partial charge in [-0.1, -0.05) is 23.7 Å². The minimum Gasteiger partial charge on any atom is -0.378 e. The number of nitrogens with one attached hydrogen (secondary N) is 1. The van der Waals surface area contributed by atoms with Crippen molar-refractivity contribution in [1.82, 2.24) is 0 Å². The van der Waals surface area contributed by atoms with Crippen LogP contribution in [0.1, 0.15) is 35.2 Å². The Morgan fingerprint density at radius 3 is 2.25 bits per heavy atom. The first kappa shape index (κ1) is 14.9. The summed E-state index contributed by atoms with van der Waals surface area (Å²) in [6.45, 7) is 8.37. The van der Waals surface area contributed by atoms with Gasteiger partial charge < -0.3 is 5.32 Å². The standard InChI is InChI=1S/C17H19ClFN/c1-10-5-12(3)17(6-11(10)2)13(4)20-16-8-14(18)7-15(19)9-16/h5-9,13,20H,1-4H3. The highest BCUT2D eigenvalue weighted by atomic mass is 35.5. The van der Waals surface area contributed by atoms with E-state index in [1.165, 1.54) is 34.4 Å². The van der Waals surface area contributed by atoms with Gasteiger partial charge in [0.2, 0.25) is 0 Å². The molecular weight excluding hydrogens is 273 g/mol. The van der Waals surface area contributed by atoms with E-state index < -0.39 is 0 Å². The van der Waals surface area contributed by atoms with Gasteiger partial charge in [-0.25, -0.2) is 4.39 Å². The molecule has 106 valence electrons. The summed E-state index contributed by atoms with van der Waals surface area (Å²) in [4.78, 5) is 0. The summed E-state index contributed by atoms with van der Waals surface area (Å²) in [6, 6.07) is 8.95. The lowest BCUT2D eigenvalue weighted by Gasteiger charge is -2.19. The second-order valence-electron chi connectivity index (χ2n) is 5.32. The molecule has 2 rings (SSSR count). The summed E-state index contributed by atoms with van der Waals surface area (Å²) in [6.07, 6.45) is 0. The van der Waals surface area contributed by atoms with E-state index in [4.69, 9.17) is 11.6 Å². The second-order valence-corrected chi connectivity index (χ2v) is 5.75. The number of hydrogen-bond acceptors (Lipinski definition) is 1. The molecule has 1 N–H and O–H groups in total. The summed E-state index contributed by atoms with van der Waals surface area (Å²) in [7, 11) is 0. The maximum Gasteiger partial charge on any atom is 0.126 e. The van der Waals surface area contributed by atoms with E-state index in [0.717, 1.165) is 0 Å². The van der Waals surface area contributed by atoms with E-state index >= 15 is 0 Å². The Morgan fingerprint density at radius 1 is 0.950 bits per heavy atom. The third kappa shape index (κ3) is 3.31. The van der Waals surface area contributed by atoms with E-state index in [0.29, 0.717) is 10.7 Å². The zero-order chi connectivity index (χ0) is 14.9. The Bertz CT molecular complexity index is 617. The largest absolute Gasteiger partial charge is 0.378 e. The molecular formula is C17H19ClFN. The van der Waals surface area contributed by atoms with E-state index in [1.807, 2.05) is 0 Å². The van der Waals surface area contributed by atoms with Gasteiger partial charge >= 0.3 is 0 Å². The van der Waals surface area contributed by atoms with Crippen molar-refractivity contribution in [3.8, 4) is 0 Å². The fourth-order valence-corrected chi connectivity index (χ4v) is 2.64. The number of rotatable bonds is 3. The summed E-state index contributed by atoms with van der Waals surface area (Å²) >= 11 is 5.88. The molecule has 2 aromatic carbocycles. The lowest BCUT2D eigenvalue weighted by molar-refractivity contribution is 0.628. The van der Waals surface area contributed by atoms with Crippen LogP contribution in [0, 0.1) is 26.6 Å². The lowest BCUT2D eigenvalue weighted by Crippen LogP contribution is -2.09. The van der Waals surface area contributed by atoms with Gasteiger partial charge in [0, 0.05) is 16.8 Å². The van der Waals surface area contributed by atoms with E-state index in [1.54, 1.807) is 6.07 Å². The van der Waals surface area contributed by atoms with Gasteiger partial charge in [-0.2, -0.15) is 0 Å². The van der Waals surface area contributed by atoms with Gasteiger partial charge in [-0.3, -0.25) is 0 Å². The van der Waals surface area contributed by atoms with E-state index in [-0.39, 0.29) is 11.9 Å². The highest BCUT2D eigenvalue weighted by Gasteiger charge is 2.11. The highest BCUT2D eigenvalue weighted by molar-refractivity contribution is 6.30. The molecule has 0 amide bonds. The molecule has 2 aromatic rings. The first-order valence-corrected chi connectivity index (χ1v) is 7.05. The number of benzene rings is 2. The minimum atomic E-state index is -0.330. The van der Waals surface area contributed by atoms with Crippen LogP contribution in [0.3, 0.4) is 0 Å². The third-order valence-electron chi connectivity index (χ3n) is 3.59. The molecule has 0 bridgehead atoms. The highest BCUT2D eigenvalue weighted by Crippen LogP contribution is 2.26. The zero-order valence-corrected chi connectivity index (χ0v) is 13.0. The molecule has 0 aliphatic carbocycles. The topological polar surface area (TPSA) is 12.0 Å². The number of hydrogen-bond donors (Lipinski definition) is 1. The van der Waals surface area contributed by atoms with Crippen molar-refractivity contribution in [3.05, 3.63) is 63.4 Å². The Balaban J connectivity index is 2.28. The zero-order valence-electron chi connectivity index (χ0n) is 12.2. The molecule has 0 aliphatic heterocycles. The molecule has 0 saturated heterocycles. The molecule has 1 unspecified atom stereocenters. The van der Waals surface area contributed by atoms with Crippen molar-refractivity contribution in [2.24, 2.45) is 0 Å². The number of anilines is 1. The fourth-order valence-electron chi connectivity index (χ4n) is 2.41. The van der Waals surface area contributed by atoms with Crippen LogP contribution in [0.25, 0.3) is 0 Å². The molecule has 1 nitrogen and oxygen atoms in total. The average molecular weight is 292 g/mol. The van der Waals surface area contributed by atoms with Gasteiger partial charge in [0.15, 0.2) is 0 Å². The summed E-state index contributed by atoms with van der Waals surface area (Å²) in [5, 5.41) is 3.70. The summed E-state index contributed by atoms with van der Waals surface area (Å²) in [5.41, 5.74) is 5.69. The SMILES string of the molecule is Cc1cc(C)c(C(C)Nc2cc(F)cc(Cl)c2)cc1C. The number of aryl methyl sites for hydroxylation is 3. The molecule has 0 radical (unpaired) electrons. The van der Waals surface area contributed by atoms with Crippen LogP contribution < -0.4 is 5.32 Å². The van der Waals surface area contributed by atoms with Gasteiger partial charge in [-0.15, -0.1) is 0 Å². The van der Waals surface area contributed by atoms with Gasteiger partial charge in [0.25, 0.3) is 0 Å². The van der Waals surface area contributed by atoms with Crippen LogP contribution in [-0.4, -0.2) is 0 Å². The van der Waals surface area contributed by atoms with Crippen LogP contribution in [0.15, 0.2) is 30.3 Å². The monoisotopic (exact) mass is 291 g/mol. The Morgan fingerprint density at radius 2 is 1.60 bits per heavy atom. The van der Waals surface area contributed by atoms with Crippen molar-refractivity contribution < 1.29 is 4.39 Å². The van der Waals surface area contributed by atoms with Crippen LogP contribution in [0.4, 0.5) is 10.1 Å². The molecule has 1 atom stereocenters. The normalized spacial score (nSPS) is 12.3. The third-order valence-corrected chi connectivity index (χ3v) is 3.81. The Hall–Kier alpha value is -1.54. The quantitative estimate of drug-likeness (QED) is 0.778. The molecule has 0 spiro atoms. The first-order chi connectivity index (χ1) is 9.36. The van der Waals surface area contributed by atoms with Crippen molar-refractivity contribution in [1.29, 1.82) is 0 Å². The van der Waals surface area contributed by atoms with Gasteiger partial charge in [0.05, 0.1) is 0 Å². The van der Waals surface area contributed by atoms with Crippen molar-refractivity contribution >= 4 is 17.3 Å². The summed E-state index contributed by atoms with van der Waals surface area (Å²) in [5.74, 6) is -0.330.